The largest absolute Gasteiger partial charge is 0.493 e. The fourth-order valence-electron chi connectivity index (χ4n) is 3.20. The van der Waals surface area contributed by atoms with Gasteiger partial charge in [-0.3, -0.25) is 4.98 Å². The Labute approximate surface area is 180 Å². The second-order valence-electron chi connectivity index (χ2n) is 7.10. The smallest absolute Gasteiger partial charge is 0.333 e. The molecule has 0 aliphatic rings. The van der Waals surface area contributed by atoms with Crippen molar-refractivity contribution in [1.82, 2.24) is 4.98 Å². The molecule has 31 heavy (non-hydrogen) atoms. The molecule has 6 nitrogen and oxygen atoms in total. The molecule has 1 aromatic heterocycles. The Morgan fingerprint density at radius 3 is 2.55 bits per heavy atom. The van der Waals surface area contributed by atoms with Crippen molar-refractivity contribution in [3.63, 3.8) is 0 Å². The fourth-order valence-corrected chi connectivity index (χ4v) is 3.20. The lowest BCUT2D eigenvalue weighted by Crippen LogP contribution is -2.26. The van der Waals surface area contributed by atoms with E-state index in [1.165, 1.54) is 12.1 Å². The summed E-state index contributed by atoms with van der Waals surface area (Å²) in [7, 11) is 0. The summed E-state index contributed by atoms with van der Waals surface area (Å²) in [6, 6.07) is 13.5. The van der Waals surface area contributed by atoms with E-state index in [-0.39, 0.29) is 5.82 Å². The predicted octanol–water partition coefficient (Wildman–Crippen LogP) is 4.56. The van der Waals surface area contributed by atoms with Gasteiger partial charge < -0.3 is 19.3 Å². The molecule has 0 amide bonds. The van der Waals surface area contributed by atoms with Crippen molar-refractivity contribution >= 4 is 16.9 Å². The van der Waals surface area contributed by atoms with Gasteiger partial charge in [0.25, 0.3) is 0 Å². The zero-order valence-corrected chi connectivity index (χ0v) is 17.6. The standard InChI is InChI=1S/C24H26FNO5/c1-3-29-23(24(27)28)14-17-5-8-19(9-6-17)30-11-4-12-31-22-13-16(2)26-21-10-7-18(25)15-20(21)22/h5-10,13,15,23H,3-4,11-12,14H2,1-2H3,(H,27,28). The van der Waals surface area contributed by atoms with Crippen LogP contribution >= 0.6 is 0 Å². The van der Waals surface area contributed by atoms with Crippen molar-refractivity contribution in [2.24, 2.45) is 0 Å². The summed E-state index contributed by atoms with van der Waals surface area (Å²) < 4.78 is 30.4. The summed E-state index contributed by atoms with van der Waals surface area (Å²) in [5, 5.41) is 9.82. The molecule has 0 spiro atoms. The number of hydrogen-bond donors (Lipinski definition) is 1. The number of pyridine rings is 1. The third kappa shape index (κ3) is 6.39. The maximum Gasteiger partial charge on any atom is 0.333 e. The van der Waals surface area contributed by atoms with Gasteiger partial charge in [-0.15, -0.1) is 0 Å². The number of carboxylic acid groups (broad SMARTS) is 1. The van der Waals surface area contributed by atoms with Crippen molar-refractivity contribution < 1.29 is 28.5 Å². The monoisotopic (exact) mass is 427 g/mol. The minimum absolute atomic E-state index is 0.303. The third-order valence-corrected chi connectivity index (χ3v) is 4.66. The number of carbonyl (C=O) groups is 1. The number of fused-ring (bicyclic) bond motifs is 1. The molecule has 7 heteroatoms. The number of hydrogen-bond acceptors (Lipinski definition) is 5. The molecule has 1 unspecified atom stereocenters. The third-order valence-electron chi connectivity index (χ3n) is 4.66. The van der Waals surface area contributed by atoms with Crippen LogP contribution in [0.25, 0.3) is 10.9 Å². The number of rotatable bonds is 11. The van der Waals surface area contributed by atoms with E-state index in [1.54, 1.807) is 19.1 Å². The normalized spacial score (nSPS) is 12.0. The van der Waals surface area contributed by atoms with Crippen LogP contribution in [0.3, 0.4) is 0 Å². The minimum atomic E-state index is -0.970. The van der Waals surface area contributed by atoms with Crippen molar-refractivity contribution in [3.8, 4) is 11.5 Å². The number of halogens is 1. The van der Waals surface area contributed by atoms with Gasteiger partial charge >= 0.3 is 5.97 Å². The first kappa shape index (κ1) is 22.5. The van der Waals surface area contributed by atoms with E-state index in [9.17, 15) is 14.3 Å². The Bertz CT molecular complexity index is 1020. The van der Waals surface area contributed by atoms with Crippen LogP contribution < -0.4 is 9.47 Å². The van der Waals surface area contributed by atoms with Gasteiger partial charge in [0, 0.05) is 36.6 Å². The van der Waals surface area contributed by atoms with Crippen LogP contribution in [0.4, 0.5) is 4.39 Å². The highest BCUT2D eigenvalue weighted by Crippen LogP contribution is 2.26. The molecule has 2 aromatic carbocycles. The van der Waals surface area contributed by atoms with Gasteiger partial charge in [0.15, 0.2) is 6.10 Å². The van der Waals surface area contributed by atoms with Gasteiger partial charge in [-0.1, -0.05) is 12.1 Å². The molecule has 0 aliphatic heterocycles. The summed E-state index contributed by atoms with van der Waals surface area (Å²) in [6.07, 6.45) is 0.0954. The quantitative estimate of drug-likeness (QED) is 0.452. The van der Waals surface area contributed by atoms with E-state index >= 15 is 0 Å². The molecule has 0 bridgehead atoms. The number of ether oxygens (including phenoxy) is 3. The lowest BCUT2D eigenvalue weighted by atomic mass is 10.1. The van der Waals surface area contributed by atoms with Crippen LogP contribution in [0, 0.1) is 12.7 Å². The number of aryl methyl sites for hydroxylation is 1. The lowest BCUT2D eigenvalue weighted by molar-refractivity contribution is -0.149. The Kier molecular flexibility index (Phi) is 7.78. The number of aliphatic carboxylic acids is 1. The summed E-state index contributed by atoms with van der Waals surface area (Å²) in [5.41, 5.74) is 2.37. The molecule has 164 valence electrons. The predicted molar refractivity (Wildman–Crippen MR) is 115 cm³/mol. The number of nitrogens with zero attached hydrogens (tertiary/aromatic N) is 1. The van der Waals surface area contributed by atoms with Crippen LogP contribution in [0.2, 0.25) is 0 Å². The zero-order valence-electron chi connectivity index (χ0n) is 17.6. The van der Waals surface area contributed by atoms with Crippen molar-refractivity contribution in [1.29, 1.82) is 0 Å². The fraction of sp³-hybridized carbons (Fsp3) is 0.333. The number of aromatic nitrogens is 1. The summed E-state index contributed by atoms with van der Waals surface area (Å²) in [6.45, 7) is 4.86. The minimum Gasteiger partial charge on any atom is -0.493 e. The Morgan fingerprint density at radius 1 is 1.10 bits per heavy atom. The van der Waals surface area contributed by atoms with Gasteiger partial charge in [-0.05, 0) is 49.7 Å². The average molecular weight is 427 g/mol. The van der Waals surface area contributed by atoms with Crippen LogP contribution in [-0.2, 0) is 16.0 Å². The maximum atomic E-state index is 13.6. The highest BCUT2D eigenvalue weighted by molar-refractivity contribution is 5.85. The zero-order chi connectivity index (χ0) is 22.2. The first-order valence-corrected chi connectivity index (χ1v) is 10.2. The Morgan fingerprint density at radius 2 is 1.84 bits per heavy atom. The second kappa shape index (κ2) is 10.7. The van der Waals surface area contributed by atoms with E-state index in [4.69, 9.17) is 14.2 Å². The van der Waals surface area contributed by atoms with E-state index in [0.29, 0.717) is 55.1 Å². The number of carboxylic acids is 1. The Hall–Kier alpha value is -3.19. The van der Waals surface area contributed by atoms with Gasteiger partial charge in [-0.2, -0.15) is 0 Å². The van der Waals surface area contributed by atoms with Gasteiger partial charge in [-0.25, -0.2) is 9.18 Å². The average Bonchev–Trinajstić information content (AvgIpc) is 2.74. The van der Waals surface area contributed by atoms with Crippen LogP contribution in [0.1, 0.15) is 24.6 Å². The van der Waals surface area contributed by atoms with Crippen LogP contribution in [0.15, 0.2) is 48.5 Å². The van der Waals surface area contributed by atoms with Gasteiger partial charge in [0.2, 0.25) is 0 Å². The topological polar surface area (TPSA) is 77.9 Å². The number of benzene rings is 2. The van der Waals surface area contributed by atoms with Crippen LogP contribution in [0.5, 0.6) is 11.5 Å². The van der Waals surface area contributed by atoms with Gasteiger partial charge in [0.1, 0.15) is 17.3 Å². The molecular formula is C24H26FNO5. The highest BCUT2D eigenvalue weighted by Gasteiger charge is 2.17. The molecule has 3 rings (SSSR count). The molecule has 1 atom stereocenters. The highest BCUT2D eigenvalue weighted by atomic mass is 19.1. The second-order valence-corrected chi connectivity index (χ2v) is 7.10. The molecule has 0 fully saturated rings. The lowest BCUT2D eigenvalue weighted by Gasteiger charge is -2.13. The van der Waals surface area contributed by atoms with E-state index in [0.717, 1.165) is 11.3 Å². The van der Waals surface area contributed by atoms with E-state index in [2.05, 4.69) is 4.98 Å². The molecule has 1 heterocycles. The maximum absolute atomic E-state index is 13.6. The molecule has 0 aliphatic carbocycles. The SMILES string of the molecule is CCOC(Cc1ccc(OCCCOc2cc(C)nc3ccc(F)cc23)cc1)C(=O)O. The first-order chi connectivity index (χ1) is 15.0. The summed E-state index contributed by atoms with van der Waals surface area (Å²) >= 11 is 0. The van der Waals surface area contributed by atoms with E-state index < -0.39 is 12.1 Å². The first-order valence-electron chi connectivity index (χ1n) is 10.2. The molecule has 0 saturated heterocycles. The molecular weight excluding hydrogens is 401 g/mol. The van der Waals surface area contributed by atoms with E-state index in [1.807, 2.05) is 31.2 Å². The van der Waals surface area contributed by atoms with Crippen molar-refractivity contribution in [2.45, 2.75) is 32.8 Å². The molecule has 0 saturated carbocycles. The Balaban J connectivity index is 1.48. The molecule has 3 aromatic rings. The molecule has 0 radical (unpaired) electrons. The molecule has 1 N–H and O–H groups in total. The van der Waals surface area contributed by atoms with Crippen molar-refractivity contribution in [2.75, 3.05) is 19.8 Å². The summed E-state index contributed by atoms with van der Waals surface area (Å²) in [4.78, 5) is 15.6. The van der Waals surface area contributed by atoms with Gasteiger partial charge in [0.05, 0.1) is 18.7 Å². The van der Waals surface area contributed by atoms with Crippen LogP contribution in [-0.4, -0.2) is 42.0 Å². The van der Waals surface area contributed by atoms with Crippen molar-refractivity contribution in [3.05, 3.63) is 65.6 Å². The summed E-state index contributed by atoms with van der Waals surface area (Å²) in [5.74, 6) is 0.000692.